The van der Waals surface area contributed by atoms with Gasteiger partial charge in [-0.15, -0.1) is 0 Å². The topological polar surface area (TPSA) is 58.6 Å². The summed E-state index contributed by atoms with van der Waals surface area (Å²) in [6.45, 7) is 6.70. The van der Waals surface area contributed by atoms with Gasteiger partial charge >= 0.3 is 0 Å². The van der Waals surface area contributed by atoms with Crippen LogP contribution in [0.25, 0.3) is 0 Å². The first-order valence-corrected chi connectivity index (χ1v) is 8.29. The largest absolute Gasteiger partial charge is 0.383 e. The minimum Gasteiger partial charge on any atom is -0.383 e. The third-order valence-electron chi connectivity index (χ3n) is 3.04. The van der Waals surface area contributed by atoms with Crippen LogP contribution in [0.15, 0.2) is 29.2 Å². The molecule has 0 spiro atoms. The van der Waals surface area contributed by atoms with E-state index in [0.717, 1.165) is 18.7 Å². The fourth-order valence-corrected chi connectivity index (χ4v) is 3.27. The van der Waals surface area contributed by atoms with Crippen LogP contribution in [0.3, 0.4) is 0 Å². The van der Waals surface area contributed by atoms with Crippen molar-refractivity contribution in [2.75, 3.05) is 33.4 Å². The first-order chi connectivity index (χ1) is 9.56. The van der Waals surface area contributed by atoms with Crippen LogP contribution in [0, 0.1) is 0 Å². The Morgan fingerprint density at radius 1 is 1.20 bits per heavy atom. The van der Waals surface area contributed by atoms with Crippen molar-refractivity contribution in [1.29, 1.82) is 0 Å². The molecular weight excluding hydrogens is 276 g/mol. The Hall–Kier alpha value is -0.950. The van der Waals surface area contributed by atoms with Gasteiger partial charge in [-0.2, -0.15) is 4.31 Å². The van der Waals surface area contributed by atoms with E-state index in [1.807, 2.05) is 26.0 Å². The molecule has 1 rings (SSSR count). The van der Waals surface area contributed by atoms with Gasteiger partial charge in [0.25, 0.3) is 0 Å². The molecule has 0 unspecified atom stereocenters. The molecule has 6 heteroatoms. The zero-order valence-corrected chi connectivity index (χ0v) is 13.2. The van der Waals surface area contributed by atoms with Gasteiger partial charge in [0.15, 0.2) is 0 Å². The van der Waals surface area contributed by atoms with Crippen LogP contribution in [0.1, 0.15) is 19.4 Å². The highest BCUT2D eigenvalue weighted by Crippen LogP contribution is 2.16. The van der Waals surface area contributed by atoms with Gasteiger partial charge in [-0.25, -0.2) is 8.42 Å². The maximum absolute atomic E-state index is 12.4. The van der Waals surface area contributed by atoms with Crippen molar-refractivity contribution in [2.45, 2.75) is 25.3 Å². The smallest absolute Gasteiger partial charge is 0.243 e. The number of hydrogen-bond donors (Lipinski definition) is 1. The van der Waals surface area contributed by atoms with Crippen molar-refractivity contribution in [3.63, 3.8) is 0 Å². The molecule has 0 aromatic heterocycles. The summed E-state index contributed by atoms with van der Waals surface area (Å²) in [5.74, 6) is 0. The molecule has 0 fully saturated rings. The lowest BCUT2D eigenvalue weighted by Gasteiger charge is -2.20. The molecule has 114 valence electrons. The van der Waals surface area contributed by atoms with Crippen molar-refractivity contribution in [3.05, 3.63) is 29.8 Å². The second-order valence-corrected chi connectivity index (χ2v) is 6.35. The second kappa shape index (κ2) is 8.36. The Labute approximate surface area is 122 Å². The number of sulfonamides is 1. The quantitative estimate of drug-likeness (QED) is 0.750. The Morgan fingerprint density at radius 2 is 1.85 bits per heavy atom. The van der Waals surface area contributed by atoms with Gasteiger partial charge in [0.1, 0.15) is 0 Å². The van der Waals surface area contributed by atoms with Crippen molar-refractivity contribution in [3.8, 4) is 0 Å². The maximum Gasteiger partial charge on any atom is 0.243 e. The molecule has 1 aromatic carbocycles. The zero-order valence-electron chi connectivity index (χ0n) is 12.4. The van der Waals surface area contributed by atoms with Gasteiger partial charge in [-0.05, 0) is 24.2 Å². The van der Waals surface area contributed by atoms with Crippen LogP contribution in [-0.4, -0.2) is 46.1 Å². The van der Waals surface area contributed by atoms with E-state index in [2.05, 4.69) is 5.32 Å². The van der Waals surface area contributed by atoms with Gasteiger partial charge in [0, 0.05) is 26.7 Å². The molecular formula is C14H24N2O3S. The highest BCUT2D eigenvalue weighted by atomic mass is 32.2. The minimum absolute atomic E-state index is 0.329. The molecule has 20 heavy (non-hydrogen) atoms. The lowest BCUT2D eigenvalue weighted by atomic mass is 10.2. The molecule has 0 amide bonds. The fourth-order valence-electron chi connectivity index (χ4n) is 1.84. The summed E-state index contributed by atoms with van der Waals surface area (Å²) in [7, 11) is -1.86. The molecule has 0 atom stereocenters. The van der Waals surface area contributed by atoms with E-state index < -0.39 is 10.0 Å². The molecule has 1 aromatic rings. The lowest BCUT2D eigenvalue weighted by molar-refractivity contribution is 0.180. The Morgan fingerprint density at radius 3 is 2.35 bits per heavy atom. The lowest BCUT2D eigenvalue weighted by Crippen LogP contribution is -2.33. The summed E-state index contributed by atoms with van der Waals surface area (Å²) < 4.78 is 31.3. The number of likely N-dealkylation sites (N-methyl/N-ethyl adjacent to an activating group) is 1. The summed E-state index contributed by atoms with van der Waals surface area (Å²) >= 11 is 0. The minimum atomic E-state index is -3.43. The number of ether oxygens (including phenoxy) is 1. The predicted octanol–water partition coefficient (Wildman–Crippen LogP) is 1.45. The van der Waals surface area contributed by atoms with E-state index in [0.29, 0.717) is 24.6 Å². The van der Waals surface area contributed by atoms with E-state index >= 15 is 0 Å². The highest BCUT2D eigenvalue weighted by Gasteiger charge is 2.22. The standard InChI is InChI=1S/C14H24N2O3S/c1-4-15-12-13-6-8-14(9-7-13)20(17,18)16(5-2)10-11-19-3/h6-9,15H,4-5,10-12H2,1-3H3. The third-order valence-corrected chi connectivity index (χ3v) is 5.03. The summed E-state index contributed by atoms with van der Waals surface area (Å²) in [5.41, 5.74) is 1.07. The number of nitrogens with one attached hydrogen (secondary N) is 1. The Bertz CT molecular complexity index is 486. The van der Waals surface area contributed by atoms with E-state index in [1.54, 1.807) is 19.2 Å². The van der Waals surface area contributed by atoms with Crippen LogP contribution < -0.4 is 5.32 Å². The molecule has 0 radical (unpaired) electrons. The van der Waals surface area contributed by atoms with Crippen molar-refractivity contribution in [2.24, 2.45) is 0 Å². The highest BCUT2D eigenvalue weighted by molar-refractivity contribution is 7.89. The van der Waals surface area contributed by atoms with Crippen molar-refractivity contribution < 1.29 is 13.2 Å². The van der Waals surface area contributed by atoms with Gasteiger partial charge in [-0.1, -0.05) is 26.0 Å². The molecule has 5 nitrogen and oxygen atoms in total. The molecule has 0 aliphatic heterocycles. The van der Waals surface area contributed by atoms with Gasteiger partial charge in [-0.3, -0.25) is 0 Å². The predicted molar refractivity (Wildman–Crippen MR) is 80.1 cm³/mol. The maximum atomic E-state index is 12.4. The summed E-state index contributed by atoms with van der Waals surface area (Å²) in [6.07, 6.45) is 0. The monoisotopic (exact) mass is 300 g/mol. The number of methoxy groups -OCH3 is 1. The molecule has 0 heterocycles. The molecule has 0 aliphatic rings. The van der Waals surface area contributed by atoms with Crippen LogP contribution in [0.4, 0.5) is 0 Å². The van der Waals surface area contributed by atoms with E-state index in [1.165, 1.54) is 4.31 Å². The van der Waals surface area contributed by atoms with E-state index in [-0.39, 0.29) is 0 Å². The number of nitrogens with zero attached hydrogens (tertiary/aromatic N) is 1. The van der Waals surface area contributed by atoms with Crippen LogP contribution in [0.2, 0.25) is 0 Å². The molecule has 0 bridgehead atoms. The number of hydrogen-bond acceptors (Lipinski definition) is 4. The SMILES string of the molecule is CCNCc1ccc(S(=O)(=O)N(CC)CCOC)cc1. The average Bonchev–Trinajstić information content (AvgIpc) is 2.46. The number of rotatable bonds is 9. The van der Waals surface area contributed by atoms with Gasteiger partial charge in [0.2, 0.25) is 10.0 Å². The van der Waals surface area contributed by atoms with Crippen molar-refractivity contribution in [1.82, 2.24) is 9.62 Å². The summed E-state index contributed by atoms with van der Waals surface area (Å²) in [6, 6.07) is 7.02. The third kappa shape index (κ3) is 4.56. The Kier molecular flexibility index (Phi) is 7.15. The average molecular weight is 300 g/mol. The van der Waals surface area contributed by atoms with E-state index in [4.69, 9.17) is 4.74 Å². The fraction of sp³-hybridized carbons (Fsp3) is 0.571. The molecule has 0 saturated carbocycles. The van der Waals surface area contributed by atoms with Crippen LogP contribution in [0.5, 0.6) is 0 Å². The van der Waals surface area contributed by atoms with Gasteiger partial charge in [0.05, 0.1) is 11.5 Å². The summed E-state index contributed by atoms with van der Waals surface area (Å²) in [5, 5.41) is 3.21. The zero-order chi connectivity index (χ0) is 15.0. The number of benzene rings is 1. The van der Waals surface area contributed by atoms with Crippen LogP contribution in [-0.2, 0) is 21.3 Å². The van der Waals surface area contributed by atoms with Gasteiger partial charge < -0.3 is 10.1 Å². The normalized spacial score (nSPS) is 12.0. The summed E-state index contributed by atoms with van der Waals surface area (Å²) in [4.78, 5) is 0.329. The Balaban J connectivity index is 2.85. The molecule has 1 N–H and O–H groups in total. The van der Waals surface area contributed by atoms with Crippen LogP contribution >= 0.6 is 0 Å². The second-order valence-electron chi connectivity index (χ2n) is 4.41. The molecule has 0 aliphatic carbocycles. The first-order valence-electron chi connectivity index (χ1n) is 6.85. The van der Waals surface area contributed by atoms with E-state index in [9.17, 15) is 8.42 Å². The first kappa shape index (κ1) is 17.1. The van der Waals surface area contributed by atoms with Crippen molar-refractivity contribution >= 4 is 10.0 Å². The molecule has 0 saturated heterocycles.